The van der Waals surface area contributed by atoms with Gasteiger partial charge < -0.3 is 0 Å². The molecule has 0 spiro atoms. The summed E-state index contributed by atoms with van der Waals surface area (Å²) >= 11 is 0. The molecule has 0 fully saturated rings. The SMILES string of the molecule is CB=C(CC(C)CC(C)(C)CC(C)OC(C)(C)C)NCCOCCOCCN. The van der Waals surface area contributed by atoms with Crippen LogP contribution < -0.4 is 11.1 Å². The van der Waals surface area contributed by atoms with E-state index in [1.165, 1.54) is 12.0 Å². The number of nitrogens with one attached hydrogen (secondary N) is 1. The second kappa shape index (κ2) is 14.5. The molecular formula is C22H47BN2O3. The molecule has 0 heterocycles. The normalized spacial score (nSPS) is 15.2. The summed E-state index contributed by atoms with van der Waals surface area (Å²) < 4.78 is 17.0. The van der Waals surface area contributed by atoms with Crippen molar-refractivity contribution in [3.63, 3.8) is 0 Å². The van der Waals surface area contributed by atoms with E-state index in [1.807, 2.05) is 0 Å². The van der Waals surface area contributed by atoms with Gasteiger partial charge in [-0.3, -0.25) is 0 Å². The fourth-order valence-corrected chi connectivity index (χ4v) is 3.88. The Morgan fingerprint density at radius 1 is 0.964 bits per heavy atom. The Bertz CT molecular complexity index is 422. The molecule has 0 bridgehead atoms. The number of rotatable bonds is 16. The molecule has 0 amide bonds. The van der Waals surface area contributed by atoms with Crippen LogP contribution in [0.4, 0.5) is 0 Å². The van der Waals surface area contributed by atoms with Crippen LogP contribution >= 0.6 is 0 Å². The van der Waals surface area contributed by atoms with Gasteiger partial charge in [0.25, 0.3) is 0 Å². The monoisotopic (exact) mass is 398 g/mol. The summed E-state index contributed by atoms with van der Waals surface area (Å²) in [5, 5.41) is 3.51. The fraction of sp³-hybridized carbons (Fsp3) is 0.955. The van der Waals surface area contributed by atoms with Crippen molar-refractivity contribution in [2.45, 2.75) is 86.3 Å². The van der Waals surface area contributed by atoms with Crippen molar-refractivity contribution in [1.82, 2.24) is 5.32 Å². The van der Waals surface area contributed by atoms with Gasteiger partial charge in [0.2, 0.25) is 0 Å². The molecule has 0 aromatic carbocycles. The van der Waals surface area contributed by atoms with Gasteiger partial charge in [0, 0.05) is 0 Å². The van der Waals surface area contributed by atoms with Gasteiger partial charge in [-0.25, -0.2) is 0 Å². The topological polar surface area (TPSA) is 65.7 Å². The average Bonchev–Trinajstić information content (AvgIpc) is 2.52. The zero-order chi connectivity index (χ0) is 21.6. The molecule has 0 saturated heterocycles. The molecule has 0 aliphatic carbocycles. The van der Waals surface area contributed by atoms with E-state index in [0.717, 1.165) is 19.4 Å². The summed E-state index contributed by atoms with van der Waals surface area (Å²) in [4.78, 5) is 0. The van der Waals surface area contributed by atoms with Crippen molar-refractivity contribution in [2.24, 2.45) is 17.1 Å². The maximum absolute atomic E-state index is 6.11. The average molecular weight is 398 g/mol. The maximum atomic E-state index is 6.11. The molecule has 0 aromatic heterocycles. The zero-order valence-corrected chi connectivity index (χ0v) is 19.9. The number of nitrogens with two attached hydrogens (primary N) is 1. The van der Waals surface area contributed by atoms with Gasteiger partial charge in [-0.1, -0.05) is 0 Å². The van der Waals surface area contributed by atoms with Gasteiger partial charge in [-0.2, -0.15) is 0 Å². The van der Waals surface area contributed by atoms with Crippen LogP contribution in [0.5, 0.6) is 0 Å². The molecule has 166 valence electrons. The van der Waals surface area contributed by atoms with Crippen LogP contribution in [0.15, 0.2) is 0 Å². The third kappa shape index (κ3) is 16.5. The first-order valence-corrected chi connectivity index (χ1v) is 10.9. The molecule has 0 aliphatic heterocycles. The van der Waals surface area contributed by atoms with Crippen molar-refractivity contribution in [3.8, 4) is 0 Å². The van der Waals surface area contributed by atoms with Gasteiger partial charge in [0.05, 0.1) is 0 Å². The fourth-order valence-electron chi connectivity index (χ4n) is 3.88. The Hall–Kier alpha value is -0.425. The molecule has 28 heavy (non-hydrogen) atoms. The van der Waals surface area contributed by atoms with Crippen LogP contribution in [-0.4, -0.2) is 63.7 Å². The van der Waals surface area contributed by atoms with E-state index in [9.17, 15) is 0 Å². The molecule has 2 atom stereocenters. The van der Waals surface area contributed by atoms with Crippen molar-refractivity contribution < 1.29 is 14.2 Å². The first-order valence-electron chi connectivity index (χ1n) is 10.9. The molecule has 0 rings (SSSR count). The molecule has 0 saturated carbocycles. The van der Waals surface area contributed by atoms with Gasteiger partial charge in [-0.05, 0) is 0 Å². The van der Waals surface area contributed by atoms with Crippen LogP contribution in [0.1, 0.15) is 67.7 Å². The third-order valence-corrected chi connectivity index (χ3v) is 4.45. The van der Waals surface area contributed by atoms with E-state index in [4.69, 9.17) is 19.9 Å². The molecular weight excluding hydrogens is 351 g/mol. The summed E-state index contributed by atoms with van der Waals surface area (Å²) in [5.74, 6) is 0.612. The number of hydrogen-bond donors (Lipinski definition) is 2. The van der Waals surface area contributed by atoms with Crippen LogP contribution in [0.25, 0.3) is 0 Å². The van der Waals surface area contributed by atoms with E-state index >= 15 is 0 Å². The summed E-state index contributed by atoms with van der Waals surface area (Å²) in [6.45, 7) is 23.8. The Balaban J connectivity index is 4.13. The molecule has 0 aliphatic rings. The van der Waals surface area contributed by atoms with Crippen LogP contribution in [-0.2, 0) is 14.2 Å². The predicted molar refractivity (Wildman–Crippen MR) is 122 cm³/mol. The predicted octanol–water partition coefficient (Wildman–Crippen LogP) is 3.49. The second-order valence-electron chi connectivity index (χ2n) is 9.68. The quantitative estimate of drug-likeness (QED) is 0.308. The summed E-state index contributed by atoms with van der Waals surface area (Å²) in [6.07, 6.45) is 3.59. The van der Waals surface area contributed by atoms with Crippen LogP contribution in [0.3, 0.4) is 0 Å². The van der Waals surface area contributed by atoms with Gasteiger partial charge in [0.1, 0.15) is 0 Å². The first-order chi connectivity index (χ1) is 13.0. The molecule has 5 nitrogen and oxygen atoms in total. The third-order valence-electron chi connectivity index (χ3n) is 4.45. The Kier molecular flexibility index (Phi) is 14.3. The molecule has 3 N–H and O–H groups in total. The summed E-state index contributed by atoms with van der Waals surface area (Å²) in [7, 11) is 0. The van der Waals surface area contributed by atoms with Crippen LogP contribution in [0.2, 0.25) is 6.82 Å². The number of hydrogen-bond acceptors (Lipinski definition) is 5. The molecule has 2 unspecified atom stereocenters. The minimum atomic E-state index is -0.0816. The molecule has 0 aromatic rings. The van der Waals surface area contributed by atoms with E-state index in [0.29, 0.717) is 38.9 Å². The summed E-state index contributed by atoms with van der Waals surface area (Å²) in [5.41, 5.74) is 6.85. The van der Waals surface area contributed by atoms with Gasteiger partial charge in [0.15, 0.2) is 0 Å². The van der Waals surface area contributed by atoms with E-state index in [1.54, 1.807) is 0 Å². The van der Waals surface area contributed by atoms with Gasteiger partial charge in [-0.15, -0.1) is 0 Å². The first kappa shape index (κ1) is 27.6. The second-order valence-corrected chi connectivity index (χ2v) is 9.68. The Morgan fingerprint density at radius 3 is 2.11 bits per heavy atom. The van der Waals surface area contributed by atoms with Crippen molar-refractivity contribution in [3.05, 3.63) is 0 Å². The van der Waals surface area contributed by atoms with E-state index in [2.05, 4.69) is 67.5 Å². The van der Waals surface area contributed by atoms with Crippen molar-refractivity contribution in [1.29, 1.82) is 0 Å². The standard InChI is InChI=1S/C22H47BN2O3/c1-18(16-22(6,7)17-19(2)28-21(3,4)5)15-20(23-8)25-10-12-27-14-13-26-11-9-24/h18-19,25H,9-17,24H2,1-8H3. The van der Waals surface area contributed by atoms with E-state index < -0.39 is 0 Å². The van der Waals surface area contributed by atoms with Gasteiger partial charge >= 0.3 is 175 Å². The van der Waals surface area contributed by atoms with E-state index in [-0.39, 0.29) is 17.1 Å². The minimum absolute atomic E-state index is 0.0816. The molecule has 0 radical (unpaired) electrons. The Labute approximate surface area is 175 Å². The van der Waals surface area contributed by atoms with Crippen molar-refractivity contribution >= 4 is 12.5 Å². The Morgan fingerprint density at radius 2 is 1.57 bits per heavy atom. The van der Waals surface area contributed by atoms with Crippen LogP contribution in [0, 0.1) is 11.3 Å². The molecule has 6 heteroatoms. The zero-order valence-electron chi connectivity index (χ0n) is 19.9. The van der Waals surface area contributed by atoms with Crippen molar-refractivity contribution in [2.75, 3.05) is 39.5 Å². The number of ether oxygens (including phenoxy) is 3. The summed E-state index contributed by atoms with van der Waals surface area (Å²) in [6, 6.07) is 0.